The summed E-state index contributed by atoms with van der Waals surface area (Å²) in [5.41, 5.74) is 0. The number of carbonyl (C=O) groups is 1. The highest BCUT2D eigenvalue weighted by Crippen LogP contribution is 2.38. The first kappa shape index (κ1) is 79.2. The van der Waals surface area contributed by atoms with E-state index in [4.69, 9.17) is 9.05 Å². The second-order valence-electron chi connectivity index (χ2n) is 25.2. The van der Waals surface area contributed by atoms with Gasteiger partial charge in [0, 0.05) is 6.42 Å². The first-order valence-corrected chi connectivity index (χ1v) is 36.6. The van der Waals surface area contributed by atoms with Crippen LogP contribution >= 0.6 is 7.82 Å². The minimum Gasteiger partial charge on any atom is -0.756 e. The Balaban J connectivity index is 4.11. The van der Waals surface area contributed by atoms with Crippen LogP contribution in [0.25, 0.3) is 0 Å². The Morgan fingerprint density at radius 2 is 0.728 bits per heavy atom. The number of phosphoric ester groups is 1. The number of rotatable bonds is 65. The van der Waals surface area contributed by atoms with E-state index in [2.05, 4.69) is 67.8 Å². The molecular formula is C72H137N2O6P. The van der Waals surface area contributed by atoms with Crippen LogP contribution in [0, 0.1) is 0 Å². The van der Waals surface area contributed by atoms with E-state index in [1.54, 1.807) is 6.08 Å². The maximum atomic E-state index is 13.0. The van der Waals surface area contributed by atoms with Crippen LogP contribution in [0.4, 0.5) is 0 Å². The Morgan fingerprint density at radius 1 is 0.432 bits per heavy atom. The predicted octanol–water partition coefficient (Wildman–Crippen LogP) is 21.8. The third-order valence-electron chi connectivity index (χ3n) is 15.9. The zero-order valence-corrected chi connectivity index (χ0v) is 55.4. The quantitative estimate of drug-likeness (QED) is 0.0272. The molecule has 0 aromatic carbocycles. The van der Waals surface area contributed by atoms with Gasteiger partial charge in [-0.15, -0.1) is 0 Å². The third-order valence-corrected chi connectivity index (χ3v) is 16.9. The molecule has 9 heteroatoms. The summed E-state index contributed by atoms with van der Waals surface area (Å²) in [5.74, 6) is -0.206. The van der Waals surface area contributed by atoms with Gasteiger partial charge in [-0.1, -0.05) is 319 Å². The average molecular weight is 1160 g/mol. The Morgan fingerprint density at radius 3 is 1.07 bits per heavy atom. The molecule has 0 fully saturated rings. The Labute approximate surface area is 504 Å². The normalized spacial score (nSPS) is 14.0. The van der Waals surface area contributed by atoms with Gasteiger partial charge < -0.3 is 28.8 Å². The lowest BCUT2D eigenvalue weighted by atomic mass is 10.0. The van der Waals surface area contributed by atoms with Crippen LogP contribution < -0.4 is 10.2 Å². The van der Waals surface area contributed by atoms with Gasteiger partial charge in [-0.3, -0.25) is 9.36 Å². The van der Waals surface area contributed by atoms with Crippen LogP contribution in [0.15, 0.2) is 60.8 Å². The number of hydrogen-bond donors (Lipinski definition) is 2. The lowest BCUT2D eigenvalue weighted by Crippen LogP contribution is -2.45. The number of amides is 1. The smallest absolute Gasteiger partial charge is 0.268 e. The lowest BCUT2D eigenvalue weighted by Gasteiger charge is -2.29. The van der Waals surface area contributed by atoms with E-state index in [1.807, 2.05) is 27.2 Å². The number of allylic oxidation sites excluding steroid dienone is 9. The number of aliphatic hydroxyl groups is 1. The number of nitrogens with one attached hydrogen (secondary N) is 1. The van der Waals surface area contributed by atoms with E-state index in [-0.39, 0.29) is 12.5 Å². The lowest BCUT2D eigenvalue weighted by molar-refractivity contribution is -0.870. The van der Waals surface area contributed by atoms with Gasteiger partial charge in [0.25, 0.3) is 7.82 Å². The SMILES string of the molecule is CCCCCCC/C=C\C/C=C\CCCCCCCCCCCCCCCCCCCCCC(=O)NC(COP(=O)([O-])OCC[N+](C)(C)C)C(O)/C=C/CC/C=C/CC/C=C/CCCCCCCCCCCCCCCCCCCC. The fraction of sp³-hybridized carbons (Fsp3) is 0.847. The van der Waals surface area contributed by atoms with E-state index >= 15 is 0 Å². The summed E-state index contributed by atoms with van der Waals surface area (Å²) < 4.78 is 23.4. The molecule has 0 saturated heterocycles. The molecule has 0 rings (SSSR count). The zero-order chi connectivity index (χ0) is 59.1. The van der Waals surface area contributed by atoms with Gasteiger partial charge >= 0.3 is 0 Å². The molecule has 0 aromatic rings. The standard InChI is InChI=1S/C72H137N2O6P/c1-6-8-10-12-14-16-18-20-22-24-26-28-30-32-34-36-37-38-40-42-44-46-48-50-52-54-56-58-60-62-64-66-72(76)73-70(69-80-81(77,78)79-68-67-74(3,4)5)71(75)65-63-61-59-57-55-53-51-49-47-45-43-41-39-35-33-31-29-27-25-23-21-19-17-15-13-11-9-7-2/h18,20,24,26,47,49,55,57,63,65,70-71,75H,6-17,19,21-23,25,27-46,48,50-54,56,58-62,64,66-69H2,1-5H3,(H-,73,76,77,78)/b20-18-,26-24-,49-47+,57-55+,65-63+. The van der Waals surface area contributed by atoms with Gasteiger partial charge in [0.15, 0.2) is 0 Å². The van der Waals surface area contributed by atoms with Crippen molar-refractivity contribution in [1.82, 2.24) is 5.32 Å². The van der Waals surface area contributed by atoms with Crippen LogP contribution in [-0.4, -0.2) is 68.5 Å². The number of carbonyl (C=O) groups excluding carboxylic acids is 1. The van der Waals surface area contributed by atoms with Crippen molar-refractivity contribution in [2.24, 2.45) is 0 Å². The van der Waals surface area contributed by atoms with Crippen molar-refractivity contribution in [2.45, 2.75) is 353 Å². The minimum atomic E-state index is -4.62. The summed E-state index contributed by atoms with van der Waals surface area (Å²) in [7, 11) is 1.24. The number of nitrogens with zero attached hydrogens (tertiary/aromatic N) is 1. The highest BCUT2D eigenvalue weighted by molar-refractivity contribution is 7.45. The van der Waals surface area contributed by atoms with Gasteiger partial charge in [0.05, 0.1) is 39.9 Å². The van der Waals surface area contributed by atoms with Crippen LogP contribution in [0.5, 0.6) is 0 Å². The van der Waals surface area contributed by atoms with E-state index in [0.29, 0.717) is 17.4 Å². The van der Waals surface area contributed by atoms with Gasteiger partial charge in [-0.05, 0) is 77.0 Å². The fourth-order valence-electron chi connectivity index (χ4n) is 10.5. The van der Waals surface area contributed by atoms with Gasteiger partial charge in [0.1, 0.15) is 13.2 Å². The van der Waals surface area contributed by atoms with Gasteiger partial charge in [0.2, 0.25) is 5.91 Å². The molecule has 0 aromatic heterocycles. The molecule has 476 valence electrons. The van der Waals surface area contributed by atoms with Crippen LogP contribution in [0.1, 0.15) is 341 Å². The minimum absolute atomic E-state index is 0.00901. The summed E-state index contributed by atoms with van der Waals surface area (Å²) in [4.78, 5) is 25.6. The van der Waals surface area contributed by atoms with Gasteiger partial charge in [-0.25, -0.2) is 0 Å². The molecule has 0 spiro atoms. The molecule has 1 amide bonds. The molecule has 0 heterocycles. The summed E-state index contributed by atoms with van der Waals surface area (Å²) in [5, 5.41) is 13.9. The van der Waals surface area contributed by atoms with Crippen LogP contribution in [0.2, 0.25) is 0 Å². The van der Waals surface area contributed by atoms with Crippen molar-refractivity contribution in [3.8, 4) is 0 Å². The topological polar surface area (TPSA) is 108 Å². The summed E-state index contributed by atoms with van der Waals surface area (Å²) in [6.07, 6.45) is 86.4. The van der Waals surface area contributed by atoms with Gasteiger partial charge in [-0.2, -0.15) is 0 Å². The average Bonchev–Trinajstić information content (AvgIpc) is 3.43. The van der Waals surface area contributed by atoms with E-state index < -0.39 is 26.6 Å². The fourth-order valence-corrected chi connectivity index (χ4v) is 11.2. The predicted molar refractivity (Wildman–Crippen MR) is 353 cm³/mol. The van der Waals surface area contributed by atoms with Crippen molar-refractivity contribution < 1.29 is 32.9 Å². The zero-order valence-electron chi connectivity index (χ0n) is 54.5. The molecule has 3 atom stereocenters. The molecule has 0 saturated carbocycles. The number of hydrogen-bond acceptors (Lipinski definition) is 6. The summed E-state index contributed by atoms with van der Waals surface area (Å²) in [6.45, 7) is 4.66. The summed E-state index contributed by atoms with van der Waals surface area (Å²) in [6, 6.07) is -0.912. The maximum absolute atomic E-state index is 13.0. The highest BCUT2D eigenvalue weighted by Gasteiger charge is 2.23. The molecular weight excluding hydrogens is 1020 g/mol. The van der Waals surface area contributed by atoms with E-state index in [0.717, 1.165) is 51.4 Å². The Kier molecular flexibility index (Phi) is 61.3. The van der Waals surface area contributed by atoms with Crippen molar-refractivity contribution in [1.29, 1.82) is 0 Å². The Bertz CT molecular complexity index is 1500. The number of phosphoric acid groups is 1. The number of aliphatic hydroxyl groups excluding tert-OH is 1. The third kappa shape index (κ3) is 65.6. The number of quaternary nitrogens is 1. The second kappa shape index (κ2) is 62.7. The first-order chi connectivity index (χ1) is 39.5. The van der Waals surface area contributed by atoms with Crippen molar-refractivity contribution in [2.75, 3.05) is 40.9 Å². The van der Waals surface area contributed by atoms with E-state index in [9.17, 15) is 19.4 Å². The molecule has 0 aliphatic rings. The Hall–Kier alpha value is -1.80. The summed E-state index contributed by atoms with van der Waals surface area (Å²) >= 11 is 0. The number of unbranched alkanes of at least 4 members (excludes halogenated alkanes) is 44. The maximum Gasteiger partial charge on any atom is 0.268 e. The molecule has 0 bridgehead atoms. The number of likely N-dealkylation sites (N-methyl/N-ethyl adjacent to an activating group) is 1. The van der Waals surface area contributed by atoms with Crippen molar-refractivity contribution >= 4 is 13.7 Å². The molecule has 0 aliphatic heterocycles. The monoisotopic (exact) mass is 1160 g/mol. The molecule has 2 N–H and O–H groups in total. The molecule has 8 nitrogen and oxygen atoms in total. The second-order valence-corrected chi connectivity index (χ2v) is 26.6. The highest BCUT2D eigenvalue weighted by atomic mass is 31.2. The van der Waals surface area contributed by atoms with Crippen LogP contribution in [0.3, 0.4) is 0 Å². The molecule has 81 heavy (non-hydrogen) atoms. The van der Waals surface area contributed by atoms with Crippen molar-refractivity contribution in [3.63, 3.8) is 0 Å². The molecule has 0 radical (unpaired) electrons. The van der Waals surface area contributed by atoms with Crippen LogP contribution in [-0.2, 0) is 18.4 Å². The van der Waals surface area contributed by atoms with Crippen molar-refractivity contribution in [3.05, 3.63) is 60.8 Å². The largest absolute Gasteiger partial charge is 0.756 e. The molecule has 0 aliphatic carbocycles. The van der Waals surface area contributed by atoms with E-state index in [1.165, 1.54) is 270 Å². The first-order valence-electron chi connectivity index (χ1n) is 35.2. The molecule has 3 unspecified atom stereocenters.